The lowest BCUT2D eigenvalue weighted by atomic mass is 9.95. The summed E-state index contributed by atoms with van der Waals surface area (Å²) in [7, 11) is 0. The predicted molar refractivity (Wildman–Crippen MR) is 86.8 cm³/mol. The molecule has 1 aliphatic rings. The second-order valence-corrected chi connectivity index (χ2v) is 5.99. The molecule has 0 radical (unpaired) electrons. The lowest BCUT2D eigenvalue weighted by Crippen LogP contribution is -2.28. The lowest BCUT2D eigenvalue weighted by Gasteiger charge is -2.16. The molecule has 24 heavy (non-hydrogen) atoms. The Bertz CT molecular complexity index is 769. The van der Waals surface area contributed by atoms with Crippen molar-refractivity contribution >= 4 is 11.8 Å². The van der Waals surface area contributed by atoms with Gasteiger partial charge < -0.3 is 5.32 Å². The zero-order chi connectivity index (χ0) is 17.1. The Balaban J connectivity index is 1.75. The van der Waals surface area contributed by atoms with Crippen LogP contribution < -0.4 is 10.8 Å². The molecule has 1 atom stereocenters. The average molecular weight is 328 g/mol. The van der Waals surface area contributed by atoms with Crippen LogP contribution in [0.5, 0.6) is 0 Å². The summed E-state index contributed by atoms with van der Waals surface area (Å²) in [5.74, 6) is -0.784. The van der Waals surface area contributed by atoms with Crippen LogP contribution in [0.4, 0.5) is 0 Å². The molecule has 1 aromatic carbocycles. The summed E-state index contributed by atoms with van der Waals surface area (Å²) in [6, 6.07) is 6.47. The Labute approximate surface area is 139 Å². The zero-order valence-electron chi connectivity index (χ0n) is 13.4. The number of carbonyl (C=O) groups excluding carboxylic acids is 2. The van der Waals surface area contributed by atoms with Gasteiger partial charge in [0, 0.05) is 11.1 Å². The van der Waals surface area contributed by atoms with Crippen LogP contribution in [0.25, 0.3) is 0 Å². The number of aromatic nitrogens is 2. The van der Waals surface area contributed by atoms with Gasteiger partial charge in [0.25, 0.3) is 11.8 Å². The first kappa shape index (κ1) is 16.2. The van der Waals surface area contributed by atoms with E-state index >= 15 is 0 Å². The topological polar surface area (TPSA) is 107 Å². The molecule has 7 heteroatoms. The molecular formula is C17H20N4O3. The van der Waals surface area contributed by atoms with E-state index in [1.807, 2.05) is 13.0 Å². The molecule has 2 aromatic rings. The number of aromatic amines is 1. The van der Waals surface area contributed by atoms with Crippen LogP contribution in [0, 0.1) is 0 Å². The van der Waals surface area contributed by atoms with E-state index in [9.17, 15) is 9.59 Å². The van der Waals surface area contributed by atoms with E-state index in [-0.39, 0.29) is 11.9 Å². The fraction of sp³-hybridized carbons (Fsp3) is 0.353. The minimum Gasteiger partial charge on any atom is -0.344 e. The third-order valence-corrected chi connectivity index (χ3v) is 4.37. The molecule has 0 saturated carbocycles. The maximum atomic E-state index is 12.5. The lowest BCUT2D eigenvalue weighted by molar-refractivity contribution is 0.0706. The van der Waals surface area contributed by atoms with Crippen molar-refractivity contribution in [3.8, 4) is 0 Å². The van der Waals surface area contributed by atoms with Crippen LogP contribution in [-0.4, -0.2) is 27.2 Å². The highest BCUT2D eigenvalue weighted by Crippen LogP contribution is 2.23. The third kappa shape index (κ3) is 3.16. The van der Waals surface area contributed by atoms with Gasteiger partial charge in [-0.25, -0.2) is 5.48 Å². The molecule has 0 fully saturated rings. The number of hydrogen-bond donors (Lipinski definition) is 4. The van der Waals surface area contributed by atoms with Gasteiger partial charge in [0.2, 0.25) is 0 Å². The Kier molecular flexibility index (Phi) is 4.61. The number of hydroxylamine groups is 1. The second kappa shape index (κ2) is 6.84. The quantitative estimate of drug-likeness (QED) is 0.508. The Morgan fingerprint density at radius 2 is 2.04 bits per heavy atom. The van der Waals surface area contributed by atoms with Crippen molar-refractivity contribution < 1.29 is 14.8 Å². The van der Waals surface area contributed by atoms with Gasteiger partial charge in [-0.2, -0.15) is 5.10 Å². The molecule has 3 rings (SSSR count). The van der Waals surface area contributed by atoms with Crippen molar-refractivity contribution in [3.63, 3.8) is 0 Å². The molecule has 1 aromatic heterocycles. The number of carbonyl (C=O) groups is 2. The molecule has 126 valence electrons. The SMILES string of the molecule is CC(NC(=O)c1[nH]nc2c1CCCC2)c1cccc(C(=O)NO)c1. The first-order chi connectivity index (χ1) is 11.6. The number of benzene rings is 1. The number of rotatable bonds is 4. The standard InChI is InChI=1S/C17H20N4O3/c1-10(11-5-4-6-12(9-11)16(22)21-24)18-17(23)15-13-7-2-3-8-14(13)19-20-15/h4-6,9-10,24H,2-3,7-8H2,1H3,(H,18,23)(H,19,20)(H,21,22). The number of nitrogens with one attached hydrogen (secondary N) is 3. The van der Waals surface area contributed by atoms with Crippen LogP contribution in [0.1, 0.15) is 63.5 Å². The van der Waals surface area contributed by atoms with Crippen LogP contribution in [0.2, 0.25) is 0 Å². The molecule has 7 nitrogen and oxygen atoms in total. The summed E-state index contributed by atoms with van der Waals surface area (Å²) in [5, 5.41) is 18.7. The van der Waals surface area contributed by atoms with E-state index in [0.29, 0.717) is 11.3 Å². The maximum Gasteiger partial charge on any atom is 0.274 e. The van der Waals surface area contributed by atoms with Gasteiger partial charge in [-0.15, -0.1) is 0 Å². The van der Waals surface area contributed by atoms with Crippen molar-refractivity contribution in [2.24, 2.45) is 0 Å². The third-order valence-electron chi connectivity index (χ3n) is 4.37. The molecule has 0 spiro atoms. The minimum atomic E-state index is -0.585. The minimum absolute atomic E-state index is 0.199. The fourth-order valence-corrected chi connectivity index (χ4v) is 3.03. The first-order valence-corrected chi connectivity index (χ1v) is 8.01. The normalized spacial score (nSPS) is 14.6. The van der Waals surface area contributed by atoms with E-state index in [1.54, 1.807) is 23.7 Å². The number of aryl methyl sites for hydroxylation is 1. The summed E-state index contributed by atoms with van der Waals surface area (Å²) in [5.41, 5.74) is 5.24. The van der Waals surface area contributed by atoms with Crippen molar-refractivity contribution in [2.45, 2.75) is 38.6 Å². The van der Waals surface area contributed by atoms with Crippen LogP contribution in [0.3, 0.4) is 0 Å². The molecule has 0 aliphatic heterocycles. The van der Waals surface area contributed by atoms with Gasteiger partial charge in [0.15, 0.2) is 0 Å². The average Bonchev–Trinajstić information content (AvgIpc) is 3.05. The van der Waals surface area contributed by atoms with Gasteiger partial charge in [0.05, 0.1) is 11.7 Å². The maximum absolute atomic E-state index is 12.5. The molecular weight excluding hydrogens is 308 g/mol. The predicted octanol–water partition coefficient (Wildman–Crippen LogP) is 1.90. The monoisotopic (exact) mass is 328 g/mol. The molecule has 4 N–H and O–H groups in total. The van der Waals surface area contributed by atoms with Gasteiger partial charge in [-0.3, -0.25) is 19.9 Å². The van der Waals surface area contributed by atoms with Crippen molar-refractivity contribution in [1.29, 1.82) is 0 Å². The van der Waals surface area contributed by atoms with Gasteiger partial charge in [0.1, 0.15) is 5.69 Å². The largest absolute Gasteiger partial charge is 0.344 e. The van der Waals surface area contributed by atoms with Crippen molar-refractivity contribution in [2.75, 3.05) is 0 Å². The highest BCUT2D eigenvalue weighted by Gasteiger charge is 2.22. The van der Waals surface area contributed by atoms with Crippen molar-refractivity contribution in [3.05, 3.63) is 52.3 Å². The first-order valence-electron chi connectivity index (χ1n) is 8.01. The number of amides is 2. The molecule has 0 bridgehead atoms. The summed E-state index contributed by atoms with van der Waals surface area (Å²) in [4.78, 5) is 24.0. The summed E-state index contributed by atoms with van der Waals surface area (Å²) < 4.78 is 0. The highest BCUT2D eigenvalue weighted by molar-refractivity contribution is 5.95. The van der Waals surface area contributed by atoms with E-state index < -0.39 is 5.91 Å². The smallest absolute Gasteiger partial charge is 0.274 e. The Morgan fingerprint density at radius 3 is 2.83 bits per heavy atom. The molecule has 1 heterocycles. The van der Waals surface area contributed by atoms with Crippen LogP contribution in [0.15, 0.2) is 24.3 Å². The second-order valence-electron chi connectivity index (χ2n) is 5.99. The van der Waals surface area contributed by atoms with E-state index in [2.05, 4.69) is 15.5 Å². The number of H-pyrrole nitrogens is 1. The van der Waals surface area contributed by atoms with Crippen molar-refractivity contribution in [1.82, 2.24) is 21.0 Å². The molecule has 2 amide bonds. The van der Waals surface area contributed by atoms with Crippen LogP contribution >= 0.6 is 0 Å². The fourth-order valence-electron chi connectivity index (χ4n) is 3.03. The van der Waals surface area contributed by atoms with Gasteiger partial charge in [-0.05, 0) is 50.3 Å². The zero-order valence-corrected chi connectivity index (χ0v) is 13.4. The summed E-state index contributed by atoms with van der Waals surface area (Å²) >= 11 is 0. The number of hydrogen-bond acceptors (Lipinski definition) is 4. The molecule has 1 aliphatic carbocycles. The van der Waals surface area contributed by atoms with Crippen LogP contribution in [-0.2, 0) is 12.8 Å². The summed E-state index contributed by atoms with van der Waals surface area (Å²) in [6.45, 7) is 1.84. The summed E-state index contributed by atoms with van der Waals surface area (Å²) in [6.07, 6.45) is 3.96. The molecule has 1 unspecified atom stereocenters. The Hall–Kier alpha value is -2.67. The molecule has 0 saturated heterocycles. The van der Waals surface area contributed by atoms with E-state index in [1.165, 1.54) is 0 Å². The highest BCUT2D eigenvalue weighted by atomic mass is 16.5. The van der Waals surface area contributed by atoms with E-state index in [0.717, 1.165) is 42.5 Å². The van der Waals surface area contributed by atoms with Gasteiger partial charge >= 0.3 is 0 Å². The van der Waals surface area contributed by atoms with E-state index in [4.69, 9.17) is 5.21 Å². The number of fused-ring (bicyclic) bond motifs is 1. The number of nitrogens with zero attached hydrogens (tertiary/aromatic N) is 1. The van der Waals surface area contributed by atoms with Gasteiger partial charge in [-0.1, -0.05) is 12.1 Å². The Morgan fingerprint density at radius 1 is 1.25 bits per heavy atom.